The molecule has 1 amide bonds. The zero-order valence-electron chi connectivity index (χ0n) is 15.8. The molecule has 0 saturated carbocycles. The van der Waals surface area contributed by atoms with Gasteiger partial charge in [0.2, 0.25) is 15.9 Å². The smallest absolute Gasteiger partial charge is 0.243 e. The van der Waals surface area contributed by atoms with E-state index in [4.69, 9.17) is 0 Å². The third-order valence-electron chi connectivity index (χ3n) is 5.02. The van der Waals surface area contributed by atoms with Crippen LogP contribution < -0.4 is 5.32 Å². The number of amides is 1. The van der Waals surface area contributed by atoms with Gasteiger partial charge in [-0.25, -0.2) is 8.42 Å². The van der Waals surface area contributed by atoms with Crippen molar-refractivity contribution in [3.63, 3.8) is 0 Å². The second kappa shape index (κ2) is 9.20. The number of hydrogen-bond donors (Lipinski definition) is 1. The summed E-state index contributed by atoms with van der Waals surface area (Å²) >= 11 is 3.42. The highest BCUT2D eigenvalue weighted by Crippen LogP contribution is 2.26. The van der Waals surface area contributed by atoms with Crippen LogP contribution in [0.3, 0.4) is 0 Å². The quantitative estimate of drug-likeness (QED) is 0.678. The van der Waals surface area contributed by atoms with Gasteiger partial charge in [0.15, 0.2) is 0 Å². The monoisotopic (exact) mass is 464 g/mol. The number of rotatable bonds is 7. The Labute approximate surface area is 175 Å². The van der Waals surface area contributed by atoms with E-state index < -0.39 is 16.1 Å². The molecule has 0 aliphatic carbocycles. The van der Waals surface area contributed by atoms with E-state index in [9.17, 15) is 13.2 Å². The van der Waals surface area contributed by atoms with Gasteiger partial charge < -0.3 is 5.32 Å². The molecule has 1 N–H and O–H groups in total. The van der Waals surface area contributed by atoms with Crippen LogP contribution in [0, 0.1) is 0 Å². The Hall–Kier alpha value is -1.70. The van der Waals surface area contributed by atoms with Crippen molar-refractivity contribution < 1.29 is 13.2 Å². The van der Waals surface area contributed by atoms with Gasteiger partial charge >= 0.3 is 0 Å². The molecule has 0 radical (unpaired) electrons. The van der Waals surface area contributed by atoms with Crippen LogP contribution in [0.4, 0.5) is 0 Å². The summed E-state index contributed by atoms with van der Waals surface area (Å²) in [5.41, 5.74) is 1.21. The average molecular weight is 465 g/mol. The van der Waals surface area contributed by atoms with E-state index >= 15 is 0 Å². The lowest BCUT2D eigenvalue weighted by Gasteiger charge is -2.25. The van der Waals surface area contributed by atoms with Crippen molar-refractivity contribution in [2.45, 2.75) is 49.6 Å². The molecular weight excluding hydrogens is 440 g/mol. The summed E-state index contributed by atoms with van der Waals surface area (Å²) in [6, 6.07) is 15.8. The molecule has 28 heavy (non-hydrogen) atoms. The van der Waals surface area contributed by atoms with Crippen LogP contribution >= 0.6 is 15.9 Å². The standard InChI is InChI=1S/C21H25BrN2O3S/c1-16(9-10-17-11-13-18(22)14-12-17)23-21(25)20-8-5-15-24(20)28(26,27)19-6-3-2-4-7-19/h2-4,6-7,11-14,16,20H,5,8-10,15H2,1H3,(H,23,25). The highest BCUT2D eigenvalue weighted by atomic mass is 79.9. The minimum Gasteiger partial charge on any atom is -0.352 e. The van der Waals surface area contributed by atoms with Gasteiger partial charge in [0.1, 0.15) is 6.04 Å². The summed E-state index contributed by atoms with van der Waals surface area (Å²) in [5.74, 6) is -0.208. The van der Waals surface area contributed by atoms with Crippen molar-refractivity contribution in [2.24, 2.45) is 0 Å². The molecule has 2 aromatic carbocycles. The van der Waals surface area contributed by atoms with Crippen LogP contribution in [-0.4, -0.2) is 37.3 Å². The Morgan fingerprint density at radius 3 is 2.54 bits per heavy atom. The molecule has 0 spiro atoms. The van der Waals surface area contributed by atoms with Gasteiger partial charge in [0.25, 0.3) is 0 Å². The SMILES string of the molecule is CC(CCc1ccc(Br)cc1)NC(=O)C1CCCN1S(=O)(=O)c1ccccc1. The number of nitrogens with one attached hydrogen (secondary N) is 1. The minimum atomic E-state index is -3.66. The van der Waals surface area contributed by atoms with Crippen LogP contribution in [0.2, 0.25) is 0 Å². The molecule has 2 unspecified atom stereocenters. The highest BCUT2D eigenvalue weighted by Gasteiger charge is 2.39. The zero-order valence-corrected chi connectivity index (χ0v) is 18.2. The Morgan fingerprint density at radius 2 is 1.86 bits per heavy atom. The van der Waals surface area contributed by atoms with E-state index in [0.29, 0.717) is 19.4 Å². The fourth-order valence-electron chi connectivity index (χ4n) is 3.46. The summed E-state index contributed by atoms with van der Waals surface area (Å²) in [6.45, 7) is 2.34. The first-order valence-corrected chi connectivity index (χ1v) is 11.7. The number of carbonyl (C=O) groups excluding carboxylic acids is 1. The summed E-state index contributed by atoms with van der Waals surface area (Å²) in [5, 5.41) is 3.00. The van der Waals surface area contributed by atoms with E-state index in [2.05, 4.69) is 33.4 Å². The molecule has 0 aromatic heterocycles. The Bertz CT molecular complexity index is 901. The van der Waals surface area contributed by atoms with Crippen molar-refractivity contribution in [2.75, 3.05) is 6.54 Å². The number of hydrogen-bond acceptors (Lipinski definition) is 3. The lowest BCUT2D eigenvalue weighted by molar-refractivity contribution is -0.124. The van der Waals surface area contributed by atoms with Gasteiger partial charge in [0, 0.05) is 17.1 Å². The molecule has 3 rings (SSSR count). The summed E-state index contributed by atoms with van der Waals surface area (Å²) in [6.07, 6.45) is 2.89. The molecule has 2 atom stereocenters. The van der Waals surface area contributed by atoms with E-state index in [1.54, 1.807) is 30.3 Å². The van der Waals surface area contributed by atoms with Gasteiger partial charge in [-0.15, -0.1) is 0 Å². The molecule has 7 heteroatoms. The van der Waals surface area contributed by atoms with E-state index in [1.165, 1.54) is 9.87 Å². The lowest BCUT2D eigenvalue weighted by Crippen LogP contribution is -2.48. The molecular formula is C21H25BrN2O3S. The molecule has 2 aromatic rings. The molecule has 5 nitrogen and oxygen atoms in total. The van der Waals surface area contributed by atoms with Crippen LogP contribution in [0.25, 0.3) is 0 Å². The fraction of sp³-hybridized carbons (Fsp3) is 0.381. The Morgan fingerprint density at radius 1 is 1.18 bits per heavy atom. The average Bonchev–Trinajstić information content (AvgIpc) is 3.19. The molecule has 1 fully saturated rings. The predicted octanol–water partition coefficient (Wildman–Crippen LogP) is 3.74. The summed E-state index contributed by atoms with van der Waals surface area (Å²) < 4.78 is 28.2. The van der Waals surface area contributed by atoms with E-state index in [1.807, 2.05) is 19.1 Å². The van der Waals surface area contributed by atoms with Crippen LogP contribution in [0.15, 0.2) is 64.0 Å². The number of nitrogens with zero attached hydrogens (tertiary/aromatic N) is 1. The maximum absolute atomic E-state index is 12.9. The molecule has 1 aliphatic heterocycles. The number of aryl methyl sites for hydroxylation is 1. The zero-order chi connectivity index (χ0) is 20.1. The van der Waals surface area contributed by atoms with Gasteiger partial charge in [0.05, 0.1) is 4.90 Å². The van der Waals surface area contributed by atoms with Crippen LogP contribution in [0.5, 0.6) is 0 Å². The van der Waals surface area contributed by atoms with E-state index in [-0.39, 0.29) is 16.8 Å². The Kier molecular flexibility index (Phi) is 6.91. The van der Waals surface area contributed by atoms with Crippen molar-refractivity contribution in [1.29, 1.82) is 0 Å². The van der Waals surface area contributed by atoms with Crippen LogP contribution in [-0.2, 0) is 21.2 Å². The van der Waals surface area contributed by atoms with Gasteiger partial charge in [-0.2, -0.15) is 4.31 Å². The number of halogens is 1. The van der Waals surface area contributed by atoms with Gasteiger partial charge in [-0.1, -0.05) is 46.3 Å². The molecule has 1 aliphatic rings. The van der Waals surface area contributed by atoms with Crippen LogP contribution in [0.1, 0.15) is 31.7 Å². The second-order valence-electron chi connectivity index (χ2n) is 7.16. The third-order valence-corrected chi connectivity index (χ3v) is 7.48. The first-order chi connectivity index (χ1) is 13.4. The van der Waals surface area contributed by atoms with E-state index in [0.717, 1.165) is 17.3 Å². The first-order valence-electron chi connectivity index (χ1n) is 9.49. The second-order valence-corrected chi connectivity index (χ2v) is 9.97. The van der Waals surface area contributed by atoms with Crippen molar-refractivity contribution in [3.05, 3.63) is 64.6 Å². The van der Waals surface area contributed by atoms with Gasteiger partial charge in [-0.05, 0) is 62.4 Å². The minimum absolute atomic E-state index is 0.0296. The third kappa shape index (κ3) is 5.01. The maximum atomic E-state index is 12.9. The Balaban J connectivity index is 1.60. The van der Waals surface area contributed by atoms with Crippen molar-refractivity contribution in [1.82, 2.24) is 9.62 Å². The molecule has 150 valence electrons. The molecule has 0 bridgehead atoms. The first kappa shape index (κ1) is 21.0. The van der Waals surface area contributed by atoms with Crippen molar-refractivity contribution >= 4 is 31.9 Å². The summed E-state index contributed by atoms with van der Waals surface area (Å²) in [7, 11) is -3.66. The predicted molar refractivity (Wildman–Crippen MR) is 113 cm³/mol. The highest BCUT2D eigenvalue weighted by molar-refractivity contribution is 9.10. The topological polar surface area (TPSA) is 66.5 Å². The maximum Gasteiger partial charge on any atom is 0.243 e. The number of carbonyl (C=O) groups is 1. The number of sulfonamides is 1. The van der Waals surface area contributed by atoms with Crippen molar-refractivity contribution in [3.8, 4) is 0 Å². The molecule has 1 heterocycles. The normalized spacial score (nSPS) is 18.7. The largest absolute Gasteiger partial charge is 0.352 e. The fourth-order valence-corrected chi connectivity index (χ4v) is 5.41. The lowest BCUT2D eigenvalue weighted by atomic mass is 10.1. The molecule has 1 saturated heterocycles. The summed E-state index contributed by atoms with van der Waals surface area (Å²) in [4.78, 5) is 13.0. The van der Waals surface area contributed by atoms with Gasteiger partial charge in [-0.3, -0.25) is 4.79 Å². The number of benzene rings is 2.